The molecule has 6 nitrogen and oxygen atoms in total. The molecule has 0 spiro atoms. The van der Waals surface area contributed by atoms with Crippen molar-refractivity contribution >= 4 is 15.9 Å². The average molecular weight is 291 g/mol. The van der Waals surface area contributed by atoms with Crippen molar-refractivity contribution < 1.29 is 13.2 Å². The van der Waals surface area contributed by atoms with Gasteiger partial charge in [0.05, 0.1) is 11.2 Å². The summed E-state index contributed by atoms with van der Waals surface area (Å²) in [6.45, 7) is 6.50. The highest BCUT2D eigenvalue weighted by molar-refractivity contribution is 7.89. The van der Waals surface area contributed by atoms with Crippen molar-refractivity contribution in [1.82, 2.24) is 9.62 Å². The van der Waals surface area contributed by atoms with Crippen molar-refractivity contribution in [3.05, 3.63) is 0 Å². The summed E-state index contributed by atoms with van der Waals surface area (Å²) >= 11 is 0. The van der Waals surface area contributed by atoms with Gasteiger partial charge in [-0.3, -0.25) is 4.79 Å². The van der Waals surface area contributed by atoms with Gasteiger partial charge in [-0.1, -0.05) is 0 Å². The van der Waals surface area contributed by atoms with Crippen molar-refractivity contribution in [2.75, 3.05) is 25.4 Å². The highest BCUT2D eigenvalue weighted by atomic mass is 32.2. The fraction of sp³-hybridized carbons (Fsp3) is 0.917. The van der Waals surface area contributed by atoms with E-state index in [9.17, 15) is 13.2 Å². The van der Waals surface area contributed by atoms with E-state index < -0.39 is 15.4 Å². The van der Waals surface area contributed by atoms with Crippen LogP contribution in [-0.2, 0) is 14.8 Å². The molecule has 0 aliphatic carbocycles. The summed E-state index contributed by atoms with van der Waals surface area (Å²) in [5.74, 6) is 0.0660. The van der Waals surface area contributed by atoms with Gasteiger partial charge in [0.15, 0.2) is 0 Å². The summed E-state index contributed by atoms with van der Waals surface area (Å²) in [6.07, 6.45) is 1.32. The van der Waals surface area contributed by atoms with E-state index in [1.165, 1.54) is 4.31 Å². The van der Waals surface area contributed by atoms with Crippen LogP contribution in [0.5, 0.6) is 0 Å². The fourth-order valence-electron chi connectivity index (χ4n) is 1.93. The van der Waals surface area contributed by atoms with Gasteiger partial charge in [-0.15, -0.1) is 0 Å². The molecule has 0 aromatic carbocycles. The van der Waals surface area contributed by atoms with Crippen LogP contribution < -0.4 is 11.1 Å². The third-order valence-electron chi connectivity index (χ3n) is 3.67. The molecule has 19 heavy (non-hydrogen) atoms. The lowest BCUT2D eigenvalue weighted by molar-refractivity contribution is -0.129. The predicted molar refractivity (Wildman–Crippen MR) is 75.0 cm³/mol. The minimum absolute atomic E-state index is 0.0432. The van der Waals surface area contributed by atoms with E-state index in [-0.39, 0.29) is 17.7 Å². The molecule has 7 heteroatoms. The number of carbonyl (C=O) groups excluding carboxylic acids is 1. The van der Waals surface area contributed by atoms with E-state index in [4.69, 9.17) is 5.73 Å². The van der Waals surface area contributed by atoms with Gasteiger partial charge in [0.25, 0.3) is 0 Å². The lowest BCUT2D eigenvalue weighted by atomic mass is 9.91. The van der Waals surface area contributed by atoms with Crippen LogP contribution in [-0.4, -0.2) is 50.1 Å². The second-order valence-corrected chi connectivity index (χ2v) is 7.89. The van der Waals surface area contributed by atoms with Gasteiger partial charge in [-0.25, -0.2) is 12.7 Å². The van der Waals surface area contributed by atoms with Crippen molar-refractivity contribution in [3.8, 4) is 0 Å². The molecule has 1 aliphatic rings. The molecule has 112 valence electrons. The molecule has 0 unspecified atom stereocenters. The smallest absolute Gasteiger partial charge is 0.227 e. The summed E-state index contributed by atoms with van der Waals surface area (Å²) in [6, 6.07) is 0.0432. The van der Waals surface area contributed by atoms with Crippen LogP contribution in [0.1, 0.15) is 33.6 Å². The van der Waals surface area contributed by atoms with Crippen molar-refractivity contribution in [2.45, 2.75) is 39.7 Å². The quantitative estimate of drug-likeness (QED) is 0.740. The first-order valence-electron chi connectivity index (χ1n) is 6.72. The van der Waals surface area contributed by atoms with Crippen LogP contribution in [0.2, 0.25) is 0 Å². The molecule has 0 aromatic heterocycles. The largest absolute Gasteiger partial charge is 0.353 e. The monoisotopic (exact) mass is 291 g/mol. The molecule has 1 saturated heterocycles. The molecule has 1 amide bonds. The Kier molecular flexibility index (Phi) is 5.34. The number of rotatable bonds is 5. The zero-order valence-corrected chi connectivity index (χ0v) is 12.8. The third-order valence-corrected chi connectivity index (χ3v) is 5.55. The zero-order chi connectivity index (χ0) is 14.7. The second kappa shape index (κ2) is 6.19. The average Bonchev–Trinajstić information content (AvgIpc) is 2.39. The Hall–Kier alpha value is -0.660. The molecule has 0 aromatic rings. The van der Waals surface area contributed by atoms with E-state index in [1.807, 2.05) is 0 Å². The van der Waals surface area contributed by atoms with E-state index >= 15 is 0 Å². The first-order chi connectivity index (χ1) is 8.73. The van der Waals surface area contributed by atoms with Crippen LogP contribution >= 0.6 is 0 Å². The normalized spacial score (nSPS) is 19.4. The highest BCUT2D eigenvalue weighted by Crippen LogP contribution is 2.17. The zero-order valence-electron chi connectivity index (χ0n) is 12.0. The van der Waals surface area contributed by atoms with Gasteiger partial charge in [-0.2, -0.15) is 0 Å². The van der Waals surface area contributed by atoms with E-state index in [2.05, 4.69) is 5.32 Å². The van der Waals surface area contributed by atoms with Crippen molar-refractivity contribution in [1.29, 1.82) is 0 Å². The second-order valence-electron chi connectivity index (χ2n) is 5.64. The van der Waals surface area contributed by atoms with Crippen molar-refractivity contribution in [3.63, 3.8) is 0 Å². The molecule has 0 bridgehead atoms. The molecule has 1 rings (SSSR count). The summed E-state index contributed by atoms with van der Waals surface area (Å²) in [4.78, 5) is 12.0. The molecule has 1 aliphatic heterocycles. The Labute approximate surface area is 115 Å². The minimum Gasteiger partial charge on any atom is -0.353 e. The van der Waals surface area contributed by atoms with Crippen LogP contribution in [0.4, 0.5) is 0 Å². The fourth-order valence-corrected chi connectivity index (χ4v) is 3.07. The maximum atomic E-state index is 12.0. The molecule has 1 heterocycles. The Morgan fingerprint density at radius 3 is 2.32 bits per heavy atom. The maximum absolute atomic E-state index is 12.0. The number of hydrogen-bond donors (Lipinski definition) is 2. The number of hydrogen-bond acceptors (Lipinski definition) is 4. The van der Waals surface area contributed by atoms with Crippen LogP contribution in [0.15, 0.2) is 0 Å². The predicted octanol–water partition coefficient (Wildman–Crippen LogP) is -0.0984. The lowest BCUT2D eigenvalue weighted by Gasteiger charge is -2.33. The summed E-state index contributed by atoms with van der Waals surface area (Å²) in [5.41, 5.74) is 4.98. The standard InChI is InChI=1S/C12H25N3O3S/c1-4-19(17,18)15-7-5-10(6-8-15)14-11(16)12(2,3)9-13/h10H,4-9,13H2,1-3H3,(H,14,16). The van der Waals surface area contributed by atoms with Crippen LogP contribution in [0.3, 0.4) is 0 Å². The summed E-state index contributed by atoms with van der Waals surface area (Å²) < 4.78 is 24.9. The number of piperidine rings is 1. The van der Waals surface area contributed by atoms with Crippen LogP contribution in [0.25, 0.3) is 0 Å². The molecule has 0 radical (unpaired) electrons. The van der Waals surface area contributed by atoms with E-state index in [1.54, 1.807) is 20.8 Å². The van der Waals surface area contributed by atoms with E-state index in [0.29, 0.717) is 32.5 Å². The topological polar surface area (TPSA) is 92.5 Å². The number of nitrogens with two attached hydrogens (primary N) is 1. The summed E-state index contributed by atoms with van der Waals surface area (Å²) in [7, 11) is -3.11. The number of nitrogens with zero attached hydrogens (tertiary/aromatic N) is 1. The van der Waals surface area contributed by atoms with Gasteiger partial charge in [0.1, 0.15) is 0 Å². The highest BCUT2D eigenvalue weighted by Gasteiger charge is 2.31. The van der Waals surface area contributed by atoms with Gasteiger partial charge in [0, 0.05) is 25.7 Å². The van der Waals surface area contributed by atoms with Crippen LogP contribution in [0, 0.1) is 5.41 Å². The molecular formula is C12H25N3O3S. The first-order valence-corrected chi connectivity index (χ1v) is 8.32. The maximum Gasteiger partial charge on any atom is 0.227 e. The molecule has 0 atom stereocenters. The Morgan fingerprint density at radius 1 is 1.37 bits per heavy atom. The number of nitrogens with one attached hydrogen (secondary N) is 1. The first kappa shape index (κ1) is 16.4. The van der Waals surface area contributed by atoms with Gasteiger partial charge in [0.2, 0.25) is 15.9 Å². The summed E-state index contributed by atoms with van der Waals surface area (Å²) in [5, 5.41) is 2.96. The van der Waals surface area contributed by atoms with Gasteiger partial charge < -0.3 is 11.1 Å². The molecule has 0 saturated carbocycles. The van der Waals surface area contributed by atoms with Crippen molar-refractivity contribution in [2.24, 2.45) is 11.1 Å². The number of carbonyl (C=O) groups is 1. The lowest BCUT2D eigenvalue weighted by Crippen LogP contribution is -2.51. The molecule has 1 fully saturated rings. The Bertz CT molecular complexity index is 412. The Balaban J connectivity index is 2.50. The number of sulfonamides is 1. The Morgan fingerprint density at radius 2 is 1.89 bits per heavy atom. The minimum atomic E-state index is -3.11. The van der Waals surface area contributed by atoms with Gasteiger partial charge in [-0.05, 0) is 33.6 Å². The van der Waals surface area contributed by atoms with E-state index in [0.717, 1.165) is 0 Å². The SMILES string of the molecule is CCS(=O)(=O)N1CCC(NC(=O)C(C)(C)CN)CC1. The van der Waals surface area contributed by atoms with Gasteiger partial charge >= 0.3 is 0 Å². The molecular weight excluding hydrogens is 266 g/mol. The third kappa shape index (κ3) is 4.15. The molecule has 3 N–H and O–H groups in total. The number of amides is 1.